The van der Waals surface area contributed by atoms with Crippen molar-refractivity contribution in [2.45, 2.75) is 52.5 Å². The molecule has 1 N–H and O–H groups in total. The first-order valence-electron chi connectivity index (χ1n) is 6.75. The molecule has 0 aromatic carbocycles. The van der Waals surface area contributed by atoms with Crippen molar-refractivity contribution < 1.29 is 0 Å². The van der Waals surface area contributed by atoms with Gasteiger partial charge in [-0.3, -0.25) is 0 Å². The number of nitrogens with one attached hydrogen (secondary N) is 1. The average molecular weight is 263 g/mol. The van der Waals surface area contributed by atoms with Crippen LogP contribution >= 0.6 is 11.3 Å². The van der Waals surface area contributed by atoms with Crippen LogP contribution in [-0.4, -0.2) is 16.0 Å². The summed E-state index contributed by atoms with van der Waals surface area (Å²) in [5.74, 6) is 1.93. The van der Waals surface area contributed by atoms with Crippen molar-refractivity contribution in [2.24, 2.45) is 0 Å². The van der Waals surface area contributed by atoms with Crippen LogP contribution in [0.5, 0.6) is 0 Å². The SMILES string of the molecule is CCCCC(C)Nc1nc(CC)nc2sccc12. The highest BCUT2D eigenvalue weighted by Gasteiger charge is 2.10. The Bertz CT molecular complexity index is 507. The van der Waals surface area contributed by atoms with E-state index in [9.17, 15) is 0 Å². The van der Waals surface area contributed by atoms with Gasteiger partial charge in [-0.05, 0) is 24.8 Å². The van der Waals surface area contributed by atoms with Crippen LogP contribution in [0.15, 0.2) is 11.4 Å². The predicted molar refractivity (Wildman–Crippen MR) is 79.4 cm³/mol. The number of aryl methyl sites for hydroxylation is 1. The fourth-order valence-electron chi connectivity index (χ4n) is 1.98. The van der Waals surface area contributed by atoms with Crippen LogP contribution in [0.3, 0.4) is 0 Å². The van der Waals surface area contributed by atoms with Gasteiger partial charge in [0, 0.05) is 12.5 Å². The molecule has 2 aromatic rings. The zero-order valence-electron chi connectivity index (χ0n) is 11.4. The first-order chi connectivity index (χ1) is 8.74. The van der Waals surface area contributed by atoms with E-state index in [0.29, 0.717) is 6.04 Å². The third kappa shape index (κ3) is 2.99. The van der Waals surface area contributed by atoms with Gasteiger partial charge in [0.15, 0.2) is 0 Å². The molecule has 0 fully saturated rings. The highest BCUT2D eigenvalue weighted by Crippen LogP contribution is 2.26. The molecule has 98 valence electrons. The van der Waals surface area contributed by atoms with E-state index in [1.54, 1.807) is 11.3 Å². The number of rotatable bonds is 6. The number of thiophene rings is 1. The Kier molecular flexibility index (Phi) is 4.53. The van der Waals surface area contributed by atoms with Gasteiger partial charge in [-0.25, -0.2) is 9.97 Å². The summed E-state index contributed by atoms with van der Waals surface area (Å²) in [7, 11) is 0. The minimum Gasteiger partial charge on any atom is -0.367 e. The fraction of sp³-hybridized carbons (Fsp3) is 0.571. The molecule has 2 heterocycles. The standard InChI is InChI=1S/C14H21N3S/c1-4-6-7-10(3)15-13-11-8-9-18-14(11)17-12(5-2)16-13/h8-10H,4-7H2,1-3H3,(H,15,16,17). The van der Waals surface area contributed by atoms with Crippen LogP contribution in [0, 0.1) is 0 Å². The predicted octanol–water partition coefficient (Wildman–Crippen LogP) is 4.24. The second-order valence-corrected chi connectivity index (χ2v) is 5.56. The Morgan fingerprint density at radius 3 is 2.89 bits per heavy atom. The van der Waals surface area contributed by atoms with Gasteiger partial charge >= 0.3 is 0 Å². The van der Waals surface area contributed by atoms with E-state index in [0.717, 1.165) is 28.3 Å². The van der Waals surface area contributed by atoms with Crippen molar-refractivity contribution >= 4 is 27.4 Å². The highest BCUT2D eigenvalue weighted by atomic mass is 32.1. The molecule has 0 bridgehead atoms. The molecule has 2 aromatic heterocycles. The minimum atomic E-state index is 0.465. The zero-order valence-corrected chi connectivity index (χ0v) is 12.2. The number of fused-ring (bicyclic) bond motifs is 1. The van der Waals surface area contributed by atoms with Crippen molar-refractivity contribution in [2.75, 3.05) is 5.32 Å². The van der Waals surface area contributed by atoms with Gasteiger partial charge < -0.3 is 5.32 Å². The first-order valence-corrected chi connectivity index (χ1v) is 7.63. The van der Waals surface area contributed by atoms with Crippen molar-refractivity contribution in [3.63, 3.8) is 0 Å². The maximum Gasteiger partial charge on any atom is 0.138 e. The summed E-state index contributed by atoms with van der Waals surface area (Å²) in [5, 5.41) is 6.77. The molecule has 0 aliphatic carbocycles. The van der Waals surface area contributed by atoms with E-state index in [2.05, 4.69) is 47.5 Å². The van der Waals surface area contributed by atoms with E-state index >= 15 is 0 Å². The maximum atomic E-state index is 4.62. The van der Waals surface area contributed by atoms with Gasteiger partial charge in [-0.2, -0.15) is 0 Å². The quantitative estimate of drug-likeness (QED) is 0.847. The van der Waals surface area contributed by atoms with Crippen molar-refractivity contribution in [3.8, 4) is 0 Å². The van der Waals surface area contributed by atoms with Crippen molar-refractivity contribution in [1.29, 1.82) is 0 Å². The van der Waals surface area contributed by atoms with E-state index in [1.165, 1.54) is 19.3 Å². The van der Waals surface area contributed by atoms with E-state index in [4.69, 9.17) is 0 Å². The van der Waals surface area contributed by atoms with Crippen LogP contribution in [0.1, 0.15) is 45.9 Å². The Morgan fingerprint density at radius 2 is 2.17 bits per heavy atom. The van der Waals surface area contributed by atoms with Gasteiger partial charge in [0.05, 0.1) is 5.39 Å². The lowest BCUT2D eigenvalue weighted by Crippen LogP contribution is -2.16. The first kappa shape index (κ1) is 13.3. The Labute approximate surface area is 113 Å². The van der Waals surface area contributed by atoms with Crippen molar-refractivity contribution in [1.82, 2.24) is 9.97 Å². The number of nitrogens with zero attached hydrogens (tertiary/aromatic N) is 2. The molecule has 0 radical (unpaired) electrons. The van der Waals surface area contributed by atoms with Crippen LogP contribution in [-0.2, 0) is 6.42 Å². The lowest BCUT2D eigenvalue weighted by Gasteiger charge is -2.15. The molecule has 1 unspecified atom stereocenters. The minimum absolute atomic E-state index is 0.465. The number of hydrogen-bond acceptors (Lipinski definition) is 4. The lowest BCUT2D eigenvalue weighted by atomic mass is 10.1. The largest absolute Gasteiger partial charge is 0.367 e. The van der Waals surface area contributed by atoms with E-state index in [-0.39, 0.29) is 0 Å². The van der Waals surface area contributed by atoms with Crippen LogP contribution in [0.4, 0.5) is 5.82 Å². The second kappa shape index (κ2) is 6.14. The van der Waals surface area contributed by atoms with Crippen LogP contribution in [0.25, 0.3) is 10.2 Å². The molecule has 0 aliphatic rings. The molecule has 4 heteroatoms. The Hall–Kier alpha value is -1.16. The molecular formula is C14H21N3S. The molecule has 0 saturated heterocycles. The summed E-state index contributed by atoms with van der Waals surface area (Å²) in [5.41, 5.74) is 0. The zero-order chi connectivity index (χ0) is 13.0. The van der Waals surface area contributed by atoms with Crippen molar-refractivity contribution in [3.05, 3.63) is 17.3 Å². The number of unbranched alkanes of at least 4 members (excludes halogenated alkanes) is 1. The molecule has 0 aliphatic heterocycles. The van der Waals surface area contributed by atoms with Crippen LogP contribution < -0.4 is 5.32 Å². The Balaban J connectivity index is 2.22. The average Bonchev–Trinajstić information content (AvgIpc) is 2.84. The third-order valence-corrected chi connectivity index (χ3v) is 3.87. The monoisotopic (exact) mass is 263 g/mol. The molecule has 18 heavy (non-hydrogen) atoms. The number of hydrogen-bond donors (Lipinski definition) is 1. The van der Waals surface area contributed by atoms with E-state index in [1.807, 2.05) is 0 Å². The molecule has 0 amide bonds. The van der Waals surface area contributed by atoms with Crippen LogP contribution in [0.2, 0.25) is 0 Å². The summed E-state index contributed by atoms with van der Waals surface area (Å²) < 4.78 is 0. The molecule has 1 atom stereocenters. The number of anilines is 1. The van der Waals surface area contributed by atoms with Gasteiger partial charge in [-0.1, -0.05) is 26.7 Å². The van der Waals surface area contributed by atoms with Gasteiger partial charge in [0.2, 0.25) is 0 Å². The summed E-state index contributed by atoms with van der Waals surface area (Å²) >= 11 is 1.68. The lowest BCUT2D eigenvalue weighted by molar-refractivity contribution is 0.643. The van der Waals surface area contributed by atoms with Gasteiger partial charge in [0.1, 0.15) is 16.5 Å². The topological polar surface area (TPSA) is 37.8 Å². The summed E-state index contributed by atoms with van der Waals surface area (Å²) in [6, 6.07) is 2.57. The molecule has 2 rings (SSSR count). The Morgan fingerprint density at radius 1 is 1.33 bits per heavy atom. The normalized spacial score (nSPS) is 12.8. The molecule has 0 spiro atoms. The molecule has 0 saturated carbocycles. The van der Waals surface area contributed by atoms with Gasteiger partial charge in [0.25, 0.3) is 0 Å². The fourth-order valence-corrected chi connectivity index (χ4v) is 2.77. The summed E-state index contributed by atoms with van der Waals surface area (Å²) in [6.07, 6.45) is 4.57. The summed E-state index contributed by atoms with van der Waals surface area (Å²) in [4.78, 5) is 10.3. The summed E-state index contributed by atoms with van der Waals surface area (Å²) in [6.45, 7) is 6.55. The highest BCUT2D eigenvalue weighted by molar-refractivity contribution is 7.16. The maximum absolute atomic E-state index is 4.62. The third-order valence-electron chi connectivity index (χ3n) is 3.06. The smallest absolute Gasteiger partial charge is 0.138 e. The molecule has 3 nitrogen and oxygen atoms in total. The second-order valence-electron chi connectivity index (χ2n) is 4.67. The molecular weight excluding hydrogens is 242 g/mol. The van der Waals surface area contributed by atoms with E-state index < -0.39 is 0 Å². The number of aromatic nitrogens is 2. The van der Waals surface area contributed by atoms with Gasteiger partial charge in [-0.15, -0.1) is 11.3 Å².